The Labute approximate surface area is 113 Å². The Morgan fingerprint density at radius 3 is 2.67 bits per heavy atom. The maximum absolute atomic E-state index is 13.8. The molecule has 0 bridgehead atoms. The van der Waals surface area contributed by atoms with E-state index in [-0.39, 0.29) is 17.3 Å². The van der Waals surface area contributed by atoms with Crippen LogP contribution in [0.2, 0.25) is 5.02 Å². The van der Waals surface area contributed by atoms with Gasteiger partial charge in [-0.15, -0.1) is 0 Å². The summed E-state index contributed by atoms with van der Waals surface area (Å²) in [7, 11) is 0. The predicted octanol–water partition coefficient (Wildman–Crippen LogP) is 3.43. The van der Waals surface area contributed by atoms with Gasteiger partial charge >= 0.3 is 0 Å². The molecule has 100 valence electrons. The lowest BCUT2D eigenvalue weighted by Gasteiger charge is -2.34. The van der Waals surface area contributed by atoms with Gasteiger partial charge in [0.05, 0.1) is 0 Å². The summed E-state index contributed by atoms with van der Waals surface area (Å²) in [5.74, 6) is 5.42. The summed E-state index contributed by atoms with van der Waals surface area (Å²) in [5, 5.41) is 0.483. The van der Waals surface area contributed by atoms with Crippen molar-refractivity contribution in [1.29, 1.82) is 0 Å². The van der Waals surface area contributed by atoms with E-state index in [1.165, 1.54) is 18.9 Å². The fourth-order valence-corrected chi connectivity index (χ4v) is 3.21. The van der Waals surface area contributed by atoms with Crippen molar-refractivity contribution in [3.05, 3.63) is 34.6 Å². The van der Waals surface area contributed by atoms with Crippen LogP contribution in [0.1, 0.15) is 38.2 Å². The molecule has 1 unspecified atom stereocenters. The highest BCUT2D eigenvalue weighted by atomic mass is 35.5. The zero-order valence-electron chi connectivity index (χ0n) is 10.7. The number of nitrogens with one attached hydrogen (secondary N) is 1. The first-order chi connectivity index (χ1) is 8.57. The van der Waals surface area contributed by atoms with E-state index in [1.54, 1.807) is 12.1 Å². The van der Waals surface area contributed by atoms with Gasteiger partial charge in [0.15, 0.2) is 0 Å². The van der Waals surface area contributed by atoms with Crippen LogP contribution >= 0.6 is 11.6 Å². The largest absolute Gasteiger partial charge is 0.271 e. The molecule has 1 fully saturated rings. The van der Waals surface area contributed by atoms with Crippen molar-refractivity contribution in [1.82, 2.24) is 5.43 Å². The van der Waals surface area contributed by atoms with Gasteiger partial charge in [-0.2, -0.15) is 0 Å². The van der Waals surface area contributed by atoms with Crippen LogP contribution in [0.15, 0.2) is 18.2 Å². The topological polar surface area (TPSA) is 38.0 Å². The summed E-state index contributed by atoms with van der Waals surface area (Å²) in [5.41, 5.74) is 3.57. The van der Waals surface area contributed by atoms with Gasteiger partial charge in [0.1, 0.15) is 5.82 Å². The highest BCUT2D eigenvalue weighted by molar-refractivity contribution is 6.31. The van der Waals surface area contributed by atoms with E-state index in [2.05, 4.69) is 12.3 Å². The molecule has 1 aliphatic rings. The second-order valence-corrected chi connectivity index (χ2v) is 5.89. The minimum Gasteiger partial charge on any atom is -0.271 e. The number of nitrogens with two attached hydrogens (primary N) is 1. The fourth-order valence-electron chi connectivity index (χ4n) is 2.97. The Kier molecular flexibility index (Phi) is 4.25. The summed E-state index contributed by atoms with van der Waals surface area (Å²) in [6.07, 6.45) is 5.25. The maximum Gasteiger partial charge on any atom is 0.127 e. The first-order valence-corrected chi connectivity index (χ1v) is 6.83. The van der Waals surface area contributed by atoms with Crippen LogP contribution in [0.25, 0.3) is 0 Å². The molecular formula is C14H20ClFN2. The number of halogens is 2. The Hall–Kier alpha value is -0.640. The van der Waals surface area contributed by atoms with Gasteiger partial charge in [0.2, 0.25) is 0 Å². The standard InChI is InChI=1S/C14H20ClFN2/c1-14(7-2-3-8-14)13(18-17)9-10-11(15)5-4-6-12(10)16/h4-6,13,18H,2-3,7-9,17H2,1H3. The van der Waals surface area contributed by atoms with Crippen molar-refractivity contribution in [2.24, 2.45) is 11.3 Å². The van der Waals surface area contributed by atoms with E-state index in [4.69, 9.17) is 17.4 Å². The van der Waals surface area contributed by atoms with E-state index in [9.17, 15) is 4.39 Å². The molecule has 1 aliphatic carbocycles. The number of rotatable bonds is 4. The van der Waals surface area contributed by atoms with Crippen LogP contribution in [0.5, 0.6) is 0 Å². The van der Waals surface area contributed by atoms with Crippen LogP contribution in [-0.2, 0) is 6.42 Å². The van der Waals surface area contributed by atoms with Crippen LogP contribution in [0.4, 0.5) is 4.39 Å². The van der Waals surface area contributed by atoms with Crippen molar-refractivity contribution < 1.29 is 4.39 Å². The van der Waals surface area contributed by atoms with Gasteiger partial charge in [-0.3, -0.25) is 11.3 Å². The molecule has 4 heteroatoms. The Bertz CT molecular complexity index is 396. The molecule has 0 heterocycles. The summed E-state index contributed by atoms with van der Waals surface area (Å²) in [4.78, 5) is 0. The van der Waals surface area contributed by atoms with Crippen molar-refractivity contribution in [3.8, 4) is 0 Å². The predicted molar refractivity (Wildman–Crippen MR) is 72.8 cm³/mol. The van der Waals surface area contributed by atoms with Gasteiger partial charge in [0, 0.05) is 16.6 Å². The van der Waals surface area contributed by atoms with Crippen LogP contribution in [0.3, 0.4) is 0 Å². The SMILES string of the molecule is CC1(C(Cc2c(F)cccc2Cl)NN)CCCC1. The van der Waals surface area contributed by atoms with Crippen molar-refractivity contribution >= 4 is 11.6 Å². The van der Waals surface area contributed by atoms with E-state index >= 15 is 0 Å². The molecule has 18 heavy (non-hydrogen) atoms. The number of hydrogen-bond acceptors (Lipinski definition) is 2. The molecule has 0 saturated heterocycles. The molecule has 0 amide bonds. The molecule has 0 radical (unpaired) electrons. The molecule has 1 aromatic rings. The molecule has 1 aromatic carbocycles. The first-order valence-electron chi connectivity index (χ1n) is 6.46. The lowest BCUT2D eigenvalue weighted by Crippen LogP contribution is -2.47. The molecule has 3 N–H and O–H groups in total. The first kappa shape index (κ1) is 13.8. The van der Waals surface area contributed by atoms with Crippen molar-refractivity contribution in [2.75, 3.05) is 0 Å². The molecule has 2 rings (SSSR count). The van der Waals surface area contributed by atoms with Gasteiger partial charge in [-0.25, -0.2) is 4.39 Å². The fraction of sp³-hybridized carbons (Fsp3) is 0.571. The monoisotopic (exact) mass is 270 g/mol. The van der Waals surface area contributed by atoms with Gasteiger partial charge in [-0.05, 0) is 36.8 Å². The highest BCUT2D eigenvalue weighted by Crippen LogP contribution is 2.41. The Balaban J connectivity index is 2.20. The molecule has 1 atom stereocenters. The average molecular weight is 271 g/mol. The second kappa shape index (κ2) is 5.55. The van der Waals surface area contributed by atoms with Gasteiger partial charge in [0.25, 0.3) is 0 Å². The molecule has 0 aromatic heterocycles. The van der Waals surface area contributed by atoms with Crippen molar-refractivity contribution in [3.63, 3.8) is 0 Å². The second-order valence-electron chi connectivity index (χ2n) is 5.48. The Morgan fingerprint density at radius 1 is 1.44 bits per heavy atom. The van der Waals surface area contributed by atoms with Crippen molar-refractivity contribution in [2.45, 2.75) is 45.1 Å². The zero-order valence-corrected chi connectivity index (χ0v) is 11.4. The summed E-state index contributed by atoms with van der Waals surface area (Å²) < 4.78 is 13.8. The van der Waals surface area contributed by atoms with Gasteiger partial charge in [-0.1, -0.05) is 37.4 Å². The minimum atomic E-state index is -0.246. The number of hydrogen-bond donors (Lipinski definition) is 2. The molecule has 1 saturated carbocycles. The normalized spacial score (nSPS) is 20.0. The smallest absolute Gasteiger partial charge is 0.127 e. The molecule has 2 nitrogen and oxygen atoms in total. The van der Waals surface area contributed by atoms with Gasteiger partial charge < -0.3 is 0 Å². The summed E-state index contributed by atoms with van der Waals surface area (Å²) in [6, 6.07) is 4.87. The Morgan fingerprint density at radius 2 is 2.11 bits per heavy atom. The maximum atomic E-state index is 13.8. The average Bonchev–Trinajstić information content (AvgIpc) is 2.77. The highest BCUT2D eigenvalue weighted by Gasteiger charge is 2.37. The molecule has 0 spiro atoms. The third-order valence-corrected chi connectivity index (χ3v) is 4.61. The molecular weight excluding hydrogens is 251 g/mol. The zero-order chi connectivity index (χ0) is 13.2. The third kappa shape index (κ3) is 2.68. The quantitative estimate of drug-likeness (QED) is 0.650. The van der Waals surface area contributed by atoms with Crippen LogP contribution < -0.4 is 11.3 Å². The van der Waals surface area contributed by atoms with E-state index in [0.29, 0.717) is 17.0 Å². The van der Waals surface area contributed by atoms with E-state index < -0.39 is 0 Å². The summed E-state index contributed by atoms with van der Waals surface area (Å²) in [6.45, 7) is 2.22. The van der Waals surface area contributed by atoms with Crippen LogP contribution in [0, 0.1) is 11.2 Å². The number of benzene rings is 1. The minimum absolute atomic E-state index is 0.0643. The lowest BCUT2D eigenvalue weighted by molar-refractivity contribution is 0.219. The lowest BCUT2D eigenvalue weighted by atomic mass is 9.78. The van der Waals surface area contributed by atoms with E-state index in [1.807, 2.05) is 0 Å². The van der Waals surface area contributed by atoms with Crippen LogP contribution in [-0.4, -0.2) is 6.04 Å². The van der Waals surface area contributed by atoms with E-state index in [0.717, 1.165) is 12.8 Å². The number of hydrazine groups is 1. The summed E-state index contributed by atoms with van der Waals surface area (Å²) >= 11 is 6.07. The third-order valence-electron chi connectivity index (χ3n) is 4.26. The molecule has 0 aliphatic heterocycles.